The first-order chi connectivity index (χ1) is 7.65. The number of rotatable bonds is 5. The third-order valence-corrected chi connectivity index (χ3v) is 3.92. The number of hydrogen-bond acceptors (Lipinski definition) is 3. The van der Waals surface area contributed by atoms with Crippen molar-refractivity contribution < 1.29 is 0 Å². The van der Waals surface area contributed by atoms with Crippen LogP contribution in [-0.4, -0.2) is 61.2 Å². The van der Waals surface area contributed by atoms with E-state index >= 15 is 0 Å². The van der Waals surface area contributed by atoms with Crippen LogP contribution < -0.4 is 5.32 Å². The van der Waals surface area contributed by atoms with E-state index in [2.05, 4.69) is 35.9 Å². The average Bonchev–Trinajstić information content (AvgIpc) is 2.27. The van der Waals surface area contributed by atoms with Gasteiger partial charge in [-0.05, 0) is 19.3 Å². The smallest absolute Gasteiger partial charge is 0.0349 e. The van der Waals surface area contributed by atoms with Gasteiger partial charge in [0.25, 0.3) is 0 Å². The second-order valence-electron chi connectivity index (χ2n) is 5.93. The van der Waals surface area contributed by atoms with Crippen LogP contribution in [0.3, 0.4) is 0 Å². The van der Waals surface area contributed by atoms with E-state index in [1.165, 1.54) is 45.7 Å². The van der Waals surface area contributed by atoms with Gasteiger partial charge >= 0.3 is 0 Å². The molecular formula is C13H27N3. The number of hydrogen-bond donors (Lipinski definition) is 1. The molecule has 3 heterocycles. The lowest BCUT2D eigenvalue weighted by atomic mass is 10.0. The van der Waals surface area contributed by atoms with Gasteiger partial charge in [0.1, 0.15) is 0 Å². The van der Waals surface area contributed by atoms with Crippen LogP contribution in [0.15, 0.2) is 0 Å². The van der Waals surface area contributed by atoms with E-state index in [1.54, 1.807) is 0 Å². The Kier molecular flexibility index (Phi) is 4.22. The molecule has 3 aliphatic heterocycles. The van der Waals surface area contributed by atoms with Gasteiger partial charge in [-0.2, -0.15) is 0 Å². The fourth-order valence-corrected chi connectivity index (χ4v) is 3.05. The molecule has 3 aliphatic rings. The first-order valence-electron chi connectivity index (χ1n) is 6.85. The standard InChI is InChI=1S/C13H27N3/c1-11(2)8-12(3)14-9-13-10-15-4-6-16(13)7-5-15/h11-14H,4-10H2,1-3H3. The normalized spacial score (nSPS) is 35.6. The molecule has 2 atom stereocenters. The van der Waals surface area contributed by atoms with Gasteiger partial charge in [0, 0.05) is 51.4 Å². The van der Waals surface area contributed by atoms with Crippen LogP contribution in [0.25, 0.3) is 0 Å². The third kappa shape index (κ3) is 3.19. The average molecular weight is 225 g/mol. The lowest BCUT2D eigenvalue weighted by molar-refractivity contribution is 0.0127. The molecule has 0 radical (unpaired) electrons. The predicted octanol–water partition coefficient (Wildman–Crippen LogP) is 1.01. The summed E-state index contributed by atoms with van der Waals surface area (Å²) in [5.41, 5.74) is 0. The summed E-state index contributed by atoms with van der Waals surface area (Å²) in [6, 6.07) is 1.42. The zero-order valence-electron chi connectivity index (χ0n) is 11.1. The van der Waals surface area contributed by atoms with Crippen LogP contribution in [0.4, 0.5) is 0 Å². The molecule has 16 heavy (non-hydrogen) atoms. The highest BCUT2D eigenvalue weighted by Gasteiger charge is 2.31. The van der Waals surface area contributed by atoms with E-state index in [1.807, 2.05) is 0 Å². The van der Waals surface area contributed by atoms with Gasteiger partial charge in [0.2, 0.25) is 0 Å². The van der Waals surface area contributed by atoms with Gasteiger partial charge < -0.3 is 5.32 Å². The molecule has 0 amide bonds. The minimum absolute atomic E-state index is 0.664. The number of piperazine rings is 3. The predicted molar refractivity (Wildman–Crippen MR) is 68.7 cm³/mol. The van der Waals surface area contributed by atoms with Crippen molar-refractivity contribution in [3.05, 3.63) is 0 Å². The zero-order valence-corrected chi connectivity index (χ0v) is 11.1. The Morgan fingerprint density at radius 2 is 1.81 bits per heavy atom. The van der Waals surface area contributed by atoms with E-state index in [9.17, 15) is 0 Å². The van der Waals surface area contributed by atoms with Crippen LogP contribution in [0.1, 0.15) is 27.2 Å². The molecule has 0 aromatic rings. The van der Waals surface area contributed by atoms with Gasteiger partial charge in [-0.15, -0.1) is 0 Å². The fourth-order valence-electron chi connectivity index (χ4n) is 3.05. The van der Waals surface area contributed by atoms with Crippen molar-refractivity contribution in [3.63, 3.8) is 0 Å². The summed E-state index contributed by atoms with van der Waals surface area (Å²) in [4.78, 5) is 5.27. The molecule has 0 aromatic heterocycles. The Morgan fingerprint density at radius 3 is 2.31 bits per heavy atom. The Hall–Kier alpha value is -0.120. The van der Waals surface area contributed by atoms with Crippen molar-refractivity contribution in [2.75, 3.05) is 39.3 Å². The van der Waals surface area contributed by atoms with E-state index in [-0.39, 0.29) is 0 Å². The van der Waals surface area contributed by atoms with Gasteiger partial charge in [-0.25, -0.2) is 0 Å². The van der Waals surface area contributed by atoms with Crippen molar-refractivity contribution in [3.8, 4) is 0 Å². The first kappa shape index (κ1) is 12.3. The monoisotopic (exact) mass is 225 g/mol. The number of nitrogens with one attached hydrogen (secondary N) is 1. The van der Waals surface area contributed by atoms with Crippen LogP contribution in [-0.2, 0) is 0 Å². The zero-order chi connectivity index (χ0) is 11.5. The number of nitrogens with zero attached hydrogens (tertiary/aromatic N) is 2. The lowest BCUT2D eigenvalue weighted by Crippen LogP contribution is -2.63. The van der Waals surface area contributed by atoms with Gasteiger partial charge in [-0.1, -0.05) is 13.8 Å². The topological polar surface area (TPSA) is 18.5 Å². The summed E-state index contributed by atoms with van der Waals surface area (Å²) in [5.74, 6) is 0.800. The Morgan fingerprint density at radius 1 is 1.12 bits per heavy atom. The van der Waals surface area contributed by atoms with Crippen LogP contribution in [0.5, 0.6) is 0 Å². The largest absolute Gasteiger partial charge is 0.313 e. The molecular weight excluding hydrogens is 198 g/mol. The molecule has 3 saturated heterocycles. The summed E-state index contributed by atoms with van der Waals surface area (Å²) >= 11 is 0. The van der Waals surface area contributed by atoms with Gasteiger partial charge in [0.05, 0.1) is 0 Å². The summed E-state index contributed by atoms with van der Waals surface area (Å²) < 4.78 is 0. The van der Waals surface area contributed by atoms with Gasteiger partial charge in [-0.3, -0.25) is 9.80 Å². The van der Waals surface area contributed by atoms with Crippen molar-refractivity contribution in [1.29, 1.82) is 0 Å². The maximum absolute atomic E-state index is 3.70. The minimum atomic E-state index is 0.664. The fraction of sp³-hybridized carbons (Fsp3) is 1.00. The van der Waals surface area contributed by atoms with Crippen LogP contribution >= 0.6 is 0 Å². The molecule has 3 nitrogen and oxygen atoms in total. The highest BCUT2D eigenvalue weighted by molar-refractivity contribution is 4.89. The molecule has 0 aromatic carbocycles. The maximum Gasteiger partial charge on any atom is 0.0349 e. The van der Waals surface area contributed by atoms with E-state index in [0.29, 0.717) is 6.04 Å². The van der Waals surface area contributed by atoms with Crippen LogP contribution in [0.2, 0.25) is 0 Å². The molecule has 0 saturated carbocycles. The summed E-state index contributed by atoms with van der Waals surface area (Å²) in [6.07, 6.45) is 1.29. The second-order valence-corrected chi connectivity index (χ2v) is 5.93. The Balaban J connectivity index is 1.70. The molecule has 0 spiro atoms. The van der Waals surface area contributed by atoms with Crippen molar-refractivity contribution in [1.82, 2.24) is 15.1 Å². The van der Waals surface area contributed by atoms with Crippen molar-refractivity contribution in [2.24, 2.45) is 5.92 Å². The van der Waals surface area contributed by atoms with Crippen LogP contribution in [0, 0.1) is 5.92 Å². The number of fused-ring (bicyclic) bond motifs is 3. The molecule has 1 N–H and O–H groups in total. The molecule has 0 aliphatic carbocycles. The summed E-state index contributed by atoms with van der Waals surface area (Å²) in [5, 5.41) is 3.70. The van der Waals surface area contributed by atoms with E-state index < -0.39 is 0 Å². The molecule has 2 bridgehead atoms. The third-order valence-electron chi connectivity index (χ3n) is 3.92. The molecule has 3 rings (SSSR count). The lowest BCUT2D eigenvalue weighted by Gasteiger charge is -2.47. The van der Waals surface area contributed by atoms with Crippen molar-refractivity contribution in [2.45, 2.75) is 39.3 Å². The Labute approximate surface area is 100 Å². The van der Waals surface area contributed by atoms with E-state index in [0.717, 1.165) is 12.0 Å². The second kappa shape index (κ2) is 5.48. The quantitative estimate of drug-likeness (QED) is 0.753. The van der Waals surface area contributed by atoms with E-state index in [4.69, 9.17) is 0 Å². The maximum atomic E-state index is 3.70. The SMILES string of the molecule is CC(C)CC(C)NCC1CN2CCN1CC2. The molecule has 94 valence electrons. The highest BCUT2D eigenvalue weighted by Crippen LogP contribution is 2.15. The first-order valence-corrected chi connectivity index (χ1v) is 6.85. The Bertz CT molecular complexity index is 209. The molecule has 2 unspecified atom stereocenters. The summed E-state index contributed by atoms with van der Waals surface area (Å²) in [6.45, 7) is 14.5. The molecule has 3 heteroatoms. The molecule has 3 fully saturated rings. The van der Waals surface area contributed by atoms with Gasteiger partial charge in [0.15, 0.2) is 0 Å². The minimum Gasteiger partial charge on any atom is -0.313 e. The summed E-state index contributed by atoms with van der Waals surface area (Å²) in [7, 11) is 0. The highest BCUT2D eigenvalue weighted by atomic mass is 15.3. The van der Waals surface area contributed by atoms with Crippen molar-refractivity contribution >= 4 is 0 Å².